The van der Waals surface area contributed by atoms with E-state index in [0.29, 0.717) is 0 Å². The van der Waals surface area contributed by atoms with Crippen LogP contribution in [0.15, 0.2) is 0 Å². The molecule has 0 aliphatic heterocycles. The summed E-state index contributed by atoms with van der Waals surface area (Å²) in [5.74, 6) is 0. The van der Waals surface area contributed by atoms with Crippen LogP contribution in [0.5, 0.6) is 0 Å². The van der Waals surface area contributed by atoms with Crippen molar-refractivity contribution in [1.29, 1.82) is 0 Å². The molecule has 0 radical (unpaired) electrons. The SMILES string of the molecule is C[As](=O)(O)O.O=S(=O)(O)O. The minimum absolute atomic E-state index is 0.915. The van der Waals surface area contributed by atoms with Crippen molar-refractivity contribution in [2.24, 2.45) is 0 Å². The van der Waals surface area contributed by atoms with E-state index in [1.807, 2.05) is 0 Å². The second-order valence-corrected chi connectivity index (χ2v) is 5.68. The Hall–Kier alpha value is 0.148. The van der Waals surface area contributed by atoms with Gasteiger partial charge in [-0.3, -0.25) is 9.11 Å². The Bertz CT molecular complexity index is 191. The monoisotopic (exact) mass is 238 g/mol. The van der Waals surface area contributed by atoms with Crippen molar-refractivity contribution in [1.82, 2.24) is 0 Å². The van der Waals surface area contributed by atoms with Gasteiger partial charge < -0.3 is 0 Å². The van der Waals surface area contributed by atoms with E-state index in [1.54, 1.807) is 0 Å². The third-order valence-electron chi connectivity index (χ3n) is 0. The van der Waals surface area contributed by atoms with Gasteiger partial charge in [-0.25, -0.2) is 0 Å². The molecule has 10 heavy (non-hydrogen) atoms. The predicted molar refractivity (Wildman–Crippen MR) is 30.9 cm³/mol. The molecule has 0 heterocycles. The molecule has 0 bridgehead atoms. The maximum atomic E-state index is 9.39. The van der Waals surface area contributed by atoms with E-state index in [9.17, 15) is 3.74 Å². The smallest absolute Gasteiger partial charge is 0.264 e. The fourth-order valence-electron chi connectivity index (χ4n) is 0. The summed E-state index contributed by atoms with van der Waals surface area (Å²) in [5, 5.41) is 0. The second-order valence-electron chi connectivity index (χ2n) is 1.28. The first-order valence-electron chi connectivity index (χ1n) is 1.73. The Kier molecular flexibility index (Phi) is 5.27. The quantitative estimate of drug-likeness (QED) is 0.292. The Morgan fingerprint density at radius 3 is 1.20 bits per heavy atom. The van der Waals surface area contributed by atoms with Crippen LogP contribution < -0.4 is 0 Å². The van der Waals surface area contributed by atoms with Gasteiger partial charge in [-0.1, -0.05) is 0 Å². The molecule has 0 amide bonds. The summed E-state index contributed by atoms with van der Waals surface area (Å²) >= 11 is -4.12. The Balaban J connectivity index is 0. The van der Waals surface area contributed by atoms with Gasteiger partial charge in [0.15, 0.2) is 0 Å². The Morgan fingerprint density at radius 1 is 1.20 bits per heavy atom. The van der Waals surface area contributed by atoms with Crippen LogP contribution in [-0.4, -0.2) is 39.9 Å². The van der Waals surface area contributed by atoms with Crippen LogP contribution in [0, 0.1) is 0 Å². The molecule has 0 spiro atoms. The molecule has 0 saturated carbocycles. The van der Waals surface area contributed by atoms with Gasteiger partial charge >= 0.3 is 42.2 Å². The maximum Gasteiger partial charge on any atom is 0.394 e. The van der Waals surface area contributed by atoms with E-state index in [1.165, 1.54) is 0 Å². The van der Waals surface area contributed by atoms with E-state index in [0.717, 1.165) is 5.71 Å². The van der Waals surface area contributed by atoms with Gasteiger partial charge in [0.1, 0.15) is 0 Å². The molecule has 64 valence electrons. The van der Waals surface area contributed by atoms with Crippen molar-refractivity contribution in [3.8, 4) is 0 Å². The van der Waals surface area contributed by atoms with Crippen molar-refractivity contribution >= 4 is 24.6 Å². The zero-order chi connectivity index (χ0) is 9.00. The van der Waals surface area contributed by atoms with Crippen LogP contribution >= 0.6 is 0 Å². The van der Waals surface area contributed by atoms with Crippen molar-refractivity contribution in [3.63, 3.8) is 0 Å². The fourth-order valence-corrected chi connectivity index (χ4v) is 0. The van der Waals surface area contributed by atoms with Crippen molar-refractivity contribution in [2.75, 3.05) is 0 Å². The molecule has 0 aliphatic carbocycles. The number of rotatable bonds is 0. The van der Waals surface area contributed by atoms with Gasteiger partial charge in [0.2, 0.25) is 0 Å². The van der Waals surface area contributed by atoms with E-state index in [4.69, 9.17) is 25.7 Å². The van der Waals surface area contributed by atoms with Gasteiger partial charge in [-0.2, -0.15) is 8.42 Å². The molecule has 0 aromatic rings. The summed E-state index contributed by atoms with van der Waals surface area (Å²) < 4.78 is 56.4. The summed E-state index contributed by atoms with van der Waals surface area (Å²) in [6.45, 7) is 0. The van der Waals surface area contributed by atoms with E-state index in [-0.39, 0.29) is 0 Å². The summed E-state index contributed by atoms with van der Waals surface area (Å²) in [6.07, 6.45) is 0. The molecule has 4 N–H and O–H groups in total. The Labute approximate surface area is 60.3 Å². The van der Waals surface area contributed by atoms with Crippen LogP contribution in [0.1, 0.15) is 0 Å². The third-order valence-corrected chi connectivity index (χ3v) is 0. The van der Waals surface area contributed by atoms with Crippen LogP contribution in [0.25, 0.3) is 0 Å². The molecular weight excluding hydrogens is 231 g/mol. The minimum atomic E-state index is -4.67. The van der Waals surface area contributed by atoms with Crippen LogP contribution in [0.4, 0.5) is 0 Å². The molecule has 0 fully saturated rings. The first-order valence-corrected chi connectivity index (χ1v) is 7.45. The van der Waals surface area contributed by atoms with Crippen LogP contribution in [0.3, 0.4) is 0 Å². The zero-order valence-corrected chi connectivity index (χ0v) is 7.56. The topological polar surface area (TPSA) is 132 Å². The molecular formula is CH7AsO7S. The average Bonchev–Trinajstić information content (AvgIpc) is 1.12. The largest absolute Gasteiger partial charge is 0.394 e. The first kappa shape index (κ1) is 12.8. The minimum Gasteiger partial charge on any atom is -0.264 e. The molecule has 0 unspecified atom stereocenters. The summed E-state index contributed by atoms with van der Waals surface area (Å²) in [4.78, 5) is 0. The average molecular weight is 238 g/mol. The van der Waals surface area contributed by atoms with Gasteiger partial charge in [0, 0.05) is 0 Å². The van der Waals surface area contributed by atoms with Crippen LogP contribution in [0.2, 0.25) is 5.71 Å². The van der Waals surface area contributed by atoms with Crippen molar-refractivity contribution < 1.29 is 29.5 Å². The zero-order valence-electron chi connectivity index (χ0n) is 4.87. The van der Waals surface area contributed by atoms with Gasteiger partial charge in [0.25, 0.3) is 0 Å². The first-order chi connectivity index (χ1) is 4.00. The van der Waals surface area contributed by atoms with E-state index in [2.05, 4.69) is 0 Å². The third kappa shape index (κ3) is 18900. The van der Waals surface area contributed by atoms with Crippen molar-refractivity contribution in [2.45, 2.75) is 5.71 Å². The molecule has 0 aromatic heterocycles. The van der Waals surface area contributed by atoms with Gasteiger partial charge in [-0.15, -0.1) is 0 Å². The molecule has 0 aliphatic rings. The normalized spacial score (nSPS) is 11.7. The fraction of sp³-hybridized carbons (Fsp3) is 1.00. The van der Waals surface area contributed by atoms with Gasteiger partial charge in [-0.05, 0) is 0 Å². The standard InChI is InChI=1S/CH5AsO3.H2O4S/c1-2(3,4)5;1-5(2,3)4/h1H3,(H2,3,4,5);(H2,1,2,3,4). The van der Waals surface area contributed by atoms with Crippen LogP contribution in [-0.2, 0) is 14.1 Å². The van der Waals surface area contributed by atoms with Gasteiger partial charge in [0.05, 0.1) is 0 Å². The summed E-state index contributed by atoms with van der Waals surface area (Å²) in [5.41, 5.74) is 0.915. The molecule has 0 atom stereocenters. The predicted octanol–water partition coefficient (Wildman–Crippen LogP) is -1.68. The molecule has 0 saturated heterocycles. The van der Waals surface area contributed by atoms with Crippen molar-refractivity contribution in [3.05, 3.63) is 0 Å². The molecule has 9 heteroatoms. The summed E-state index contributed by atoms with van der Waals surface area (Å²) in [6, 6.07) is 0. The molecule has 0 rings (SSSR count). The summed E-state index contributed by atoms with van der Waals surface area (Å²) in [7, 11) is -4.67. The number of hydrogen-bond donors (Lipinski definition) is 4. The van der Waals surface area contributed by atoms with E-state index < -0.39 is 24.6 Å². The Morgan fingerprint density at radius 2 is 1.20 bits per heavy atom. The molecule has 0 aromatic carbocycles. The number of hydrogen-bond acceptors (Lipinski definition) is 3. The second kappa shape index (κ2) is 4.12. The van der Waals surface area contributed by atoms with E-state index >= 15 is 0 Å². The molecule has 7 nitrogen and oxygen atoms in total. The maximum absolute atomic E-state index is 9.39.